The molecule has 1 N–H and O–H groups in total. The van der Waals surface area contributed by atoms with E-state index >= 15 is 0 Å². The zero-order valence-electron chi connectivity index (χ0n) is 13.6. The predicted octanol–water partition coefficient (Wildman–Crippen LogP) is 3.81. The molecule has 118 valence electrons. The van der Waals surface area contributed by atoms with E-state index in [1.807, 2.05) is 12.1 Å². The zero-order chi connectivity index (χ0) is 15.2. The van der Waals surface area contributed by atoms with Gasteiger partial charge in [-0.1, -0.05) is 32.0 Å². The van der Waals surface area contributed by atoms with Crippen molar-refractivity contribution in [2.24, 2.45) is 5.92 Å². The lowest BCUT2D eigenvalue weighted by molar-refractivity contribution is 0.118. The maximum atomic E-state index is 13.9. The molecule has 0 aromatic heterocycles. The van der Waals surface area contributed by atoms with Crippen LogP contribution in [0.1, 0.15) is 45.1 Å². The monoisotopic (exact) mass is 292 g/mol. The summed E-state index contributed by atoms with van der Waals surface area (Å²) in [7, 11) is 2.13. The van der Waals surface area contributed by atoms with E-state index in [0.29, 0.717) is 18.6 Å². The quantitative estimate of drug-likeness (QED) is 0.857. The molecule has 1 aromatic carbocycles. The summed E-state index contributed by atoms with van der Waals surface area (Å²) in [5, 5.41) is 3.69. The number of nitrogens with zero attached hydrogens (tertiary/aromatic N) is 1. The second-order valence-corrected chi connectivity index (χ2v) is 6.55. The first-order chi connectivity index (χ1) is 10.1. The minimum absolute atomic E-state index is 0.0914. The molecule has 0 bridgehead atoms. The van der Waals surface area contributed by atoms with Crippen LogP contribution in [0, 0.1) is 11.7 Å². The van der Waals surface area contributed by atoms with E-state index in [2.05, 4.69) is 31.1 Å². The van der Waals surface area contributed by atoms with Crippen LogP contribution in [-0.4, -0.2) is 30.6 Å². The van der Waals surface area contributed by atoms with Gasteiger partial charge in [0.2, 0.25) is 0 Å². The lowest BCUT2D eigenvalue weighted by atomic mass is 9.82. The Labute approximate surface area is 128 Å². The maximum absolute atomic E-state index is 13.9. The Morgan fingerprint density at radius 3 is 2.76 bits per heavy atom. The third-order valence-corrected chi connectivity index (χ3v) is 4.68. The van der Waals surface area contributed by atoms with Crippen molar-refractivity contribution < 1.29 is 4.39 Å². The largest absolute Gasteiger partial charge is 0.312 e. The number of hydrogen-bond acceptors (Lipinski definition) is 2. The van der Waals surface area contributed by atoms with E-state index in [4.69, 9.17) is 0 Å². The molecule has 3 unspecified atom stereocenters. The van der Waals surface area contributed by atoms with Gasteiger partial charge in [0.1, 0.15) is 5.82 Å². The second kappa shape index (κ2) is 7.90. The fraction of sp³-hybridized carbons (Fsp3) is 0.667. The Morgan fingerprint density at radius 2 is 2.05 bits per heavy atom. The molecule has 1 aromatic rings. The number of hydrogen-bond donors (Lipinski definition) is 1. The molecule has 2 rings (SSSR count). The molecule has 3 heteroatoms. The van der Waals surface area contributed by atoms with Crippen LogP contribution < -0.4 is 5.32 Å². The summed E-state index contributed by atoms with van der Waals surface area (Å²) in [6, 6.07) is 8.17. The molecule has 0 aliphatic heterocycles. The Hall–Kier alpha value is -0.930. The highest BCUT2D eigenvalue weighted by atomic mass is 19.1. The van der Waals surface area contributed by atoms with Crippen molar-refractivity contribution >= 4 is 0 Å². The van der Waals surface area contributed by atoms with Gasteiger partial charge < -0.3 is 5.32 Å². The summed E-state index contributed by atoms with van der Waals surface area (Å²) >= 11 is 0. The molecular weight excluding hydrogens is 263 g/mol. The average molecular weight is 292 g/mol. The van der Waals surface area contributed by atoms with Crippen LogP contribution in [0.4, 0.5) is 4.39 Å². The first-order valence-corrected chi connectivity index (χ1v) is 8.28. The Bertz CT molecular complexity index is 433. The molecule has 1 aliphatic carbocycles. The van der Waals surface area contributed by atoms with Crippen LogP contribution in [-0.2, 0) is 6.54 Å². The molecule has 1 saturated carbocycles. The van der Waals surface area contributed by atoms with Gasteiger partial charge in [0, 0.05) is 24.2 Å². The number of halogens is 1. The Morgan fingerprint density at radius 1 is 1.29 bits per heavy atom. The fourth-order valence-electron chi connectivity index (χ4n) is 3.42. The summed E-state index contributed by atoms with van der Waals surface area (Å²) in [5.41, 5.74) is 0.799. The smallest absolute Gasteiger partial charge is 0.127 e. The van der Waals surface area contributed by atoms with Crippen molar-refractivity contribution in [1.82, 2.24) is 10.2 Å². The average Bonchev–Trinajstić information content (AvgIpc) is 2.48. The molecule has 21 heavy (non-hydrogen) atoms. The van der Waals surface area contributed by atoms with Crippen molar-refractivity contribution in [3.8, 4) is 0 Å². The number of likely N-dealkylation sites (N-methyl/N-ethyl adjacent to an activating group) is 1. The normalized spacial score (nSPS) is 26.2. The van der Waals surface area contributed by atoms with Gasteiger partial charge in [-0.15, -0.1) is 0 Å². The van der Waals surface area contributed by atoms with E-state index in [9.17, 15) is 4.39 Å². The molecule has 0 heterocycles. The summed E-state index contributed by atoms with van der Waals surface area (Å²) < 4.78 is 13.9. The standard InChI is InChI=1S/C18H29FN2/c1-4-11-20-17-10-9-14(2)12-18(17)21(3)13-15-7-5-6-8-16(15)19/h5-8,14,17-18,20H,4,9-13H2,1-3H3. The first kappa shape index (κ1) is 16.4. The molecule has 2 nitrogen and oxygen atoms in total. The third-order valence-electron chi connectivity index (χ3n) is 4.68. The first-order valence-electron chi connectivity index (χ1n) is 8.28. The van der Waals surface area contributed by atoms with Crippen molar-refractivity contribution in [3.05, 3.63) is 35.6 Å². The predicted molar refractivity (Wildman–Crippen MR) is 86.8 cm³/mol. The molecule has 0 radical (unpaired) electrons. The van der Waals surface area contributed by atoms with Gasteiger partial charge >= 0.3 is 0 Å². The van der Waals surface area contributed by atoms with Crippen LogP contribution in [0.2, 0.25) is 0 Å². The molecule has 1 aliphatic rings. The van der Waals surface area contributed by atoms with E-state index in [0.717, 1.165) is 24.4 Å². The van der Waals surface area contributed by atoms with E-state index in [1.165, 1.54) is 19.3 Å². The van der Waals surface area contributed by atoms with Gasteiger partial charge in [-0.2, -0.15) is 0 Å². The molecule has 0 amide bonds. The fourth-order valence-corrected chi connectivity index (χ4v) is 3.42. The van der Waals surface area contributed by atoms with Gasteiger partial charge in [-0.05, 0) is 51.3 Å². The zero-order valence-corrected chi connectivity index (χ0v) is 13.6. The second-order valence-electron chi connectivity index (χ2n) is 6.55. The highest BCUT2D eigenvalue weighted by molar-refractivity contribution is 5.17. The van der Waals surface area contributed by atoms with Gasteiger partial charge in [0.05, 0.1) is 0 Å². The summed E-state index contributed by atoms with van der Waals surface area (Å²) in [6.45, 7) is 6.30. The van der Waals surface area contributed by atoms with Gasteiger partial charge in [0.15, 0.2) is 0 Å². The summed E-state index contributed by atoms with van der Waals surface area (Å²) in [4.78, 5) is 2.33. The Balaban J connectivity index is 2.03. The van der Waals surface area contributed by atoms with Crippen LogP contribution in [0.25, 0.3) is 0 Å². The number of benzene rings is 1. The lowest BCUT2D eigenvalue weighted by Crippen LogP contribution is -2.51. The van der Waals surface area contributed by atoms with Crippen LogP contribution >= 0.6 is 0 Å². The molecule has 3 atom stereocenters. The highest BCUT2D eigenvalue weighted by Gasteiger charge is 2.31. The van der Waals surface area contributed by atoms with Gasteiger partial charge in [-0.25, -0.2) is 4.39 Å². The number of rotatable bonds is 6. The van der Waals surface area contributed by atoms with E-state index in [1.54, 1.807) is 12.1 Å². The van der Waals surface area contributed by atoms with Crippen molar-refractivity contribution in [1.29, 1.82) is 0 Å². The van der Waals surface area contributed by atoms with Crippen LogP contribution in [0.15, 0.2) is 24.3 Å². The van der Waals surface area contributed by atoms with Crippen LogP contribution in [0.5, 0.6) is 0 Å². The van der Waals surface area contributed by atoms with E-state index < -0.39 is 0 Å². The minimum atomic E-state index is -0.0914. The van der Waals surface area contributed by atoms with Gasteiger partial charge in [0.25, 0.3) is 0 Å². The topological polar surface area (TPSA) is 15.3 Å². The van der Waals surface area contributed by atoms with Gasteiger partial charge in [-0.3, -0.25) is 4.90 Å². The molecule has 1 fully saturated rings. The SMILES string of the molecule is CCCNC1CCC(C)CC1N(C)Cc1ccccc1F. The Kier molecular flexibility index (Phi) is 6.19. The minimum Gasteiger partial charge on any atom is -0.312 e. The molecule has 0 spiro atoms. The van der Waals surface area contributed by atoms with Crippen molar-refractivity contribution in [3.63, 3.8) is 0 Å². The summed E-state index contributed by atoms with van der Waals surface area (Å²) in [6.07, 6.45) is 4.89. The van der Waals surface area contributed by atoms with E-state index in [-0.39, 0.29) is 5.82 Å². The summed E-state index contributed by atoms with van der Waals surface area (Å²) in [5.74, 6) is 0.670. The number of nitrogens with one attached hydrogen (secondary N) is 1. The maximum Gasteiger partial charge on any atom is 0.127 e. The van der Waals surface area contributed by atoms with Crippen LogP contribution in [0.3, 0.4) is 0 Å². The molecule has 0 saturated heterocycles. The van der Waals surface area contributed by atoms with Crippen molar-refractivity contribution in [2.45, 2.75) is 58.2 Å². The molecular formula is C18H29FN2. The third kappa shape index (κ3) is 4.52. The lowest BCUT2D eigenvalue weighted by Gasteiger charge is -2.41. The highest BCUT2D eigenvalue weighted by Crippen LogP contribution is 2.28. The van der Waals surface area contributed by atoms with Crippen molar-refractivity contribution in [2.75, 3.05) is 13.6 Å².